The largest absolute Gasteiger partial charge is 0.494 e. The SMILES string of the molecule is COC(=O)C(CCOc1ccc(C(=O)C(=O)NC2CN(c3ccccc3CC(=O)O)C2=O)cc1)NC(=O)OC(C)(C)C. The number of benzene rings is 2. The number of Topliss-reactive ketones (excluding diaryl/α,β-unsaturated/α-hetero) is 1. The minimum atomic E-state index is -1.04. The van der Waals surface area contributed by atoms with Crippen molar-refractivity contribution in [2.24, 2.45) is 0 Å². The summed E-state index contributed by atoms with van der Waals surface area (Å²) in [6.07, 6.45) is -0.968. The summed E-state index contributed by atoms with van der Waals surface area (Å²) in [7, 11) is 1.19. The van der Waals surface area contributed by atoms with Crippen molar-refractivity contribution < 1.29 is 48.1 Å². The normalized spacial score (nSPS) is 15.1. The first-order valence-electron chi connectivity index (χ1n) is 13.1. The maximum atomic E-state index is 12.6. The predicted octanol–water partition coefficient (Wildman–Crippen LogP) is 1.86. The Morgan fingerprint density at radius 2 is 1.71 bits per heavy atom. The average Bonchev–Trinajstić information content (AvgIpc) is 2.93. The molecule has 42 heavy (non-hydrogen) atoms. The summed E-state index contributed by atoms with van der Waals surface area (Å²) in [5.41, 5.74) is 0.215. The van der Waals surface area contributed by atoms with E-state index in [9.17, 15) is 28.8 Å². The van der Waals surface area contributed by atoms with Crippen LogP contribution in [0.4, 0.5) is 10.5 Å². The van der Waals surface area contributed by atoms with Crippen molar-refractivity contribution in [1.29, 1.82) is 0 Å². The third-order valence-corrected chi connectivity index (χ3v) is 6.03. The third-order valence-electron chi connectivity index (χ3n) is 6.03. The molecule has 0 bridgehead atoms. The van der Waals surface area contributed by atoms with Crippen molar-refractivity contribution in [3.8, 4) is 5.75 Å². The lowest BCUT2D eigenvalue weighted by atomic mass is 10.0. The fraction of sp³-hybridized carbons (Fsp3) is 0.379. The molecule has 2 aromatic rings. The van der Waals surface area contributed by atoms with E-state index in [1.165, 1.54) is 36.3 Å². The molecule has 2 aromatic carbocycles. The first-order chi connectivity index (χ1) is 19.8. The number of aliphatic carboxylic acids is 1. The number of amides is 3. The molecule has 1 heterocycles. The number of rotatable bonds is 12. The van der Waals surface area contributed by atoms with Gasteiger partial charge in [-0.2, -0.15) is 0 Å². The lowest BCUT2D eigenvalue weighted by Gasteiger charge is -2.39. The average molecular weight is 584 g/mol. The Balaban J connectivity index is 1.50. The highest BCUT2D eigenvalue weighted by molar-refractivity contribution is 6.43. The number of β-lactam (4-membered cyclic amide) rings is 1. The quantitative estimate of drug-likeness (QED) is 0.145. The number of carboxylic acid groups (broad SMARTS) is 1. The summed E-state index contributed by atoms with van der Waals surface area (Å²) in [5, 5.41) is 14.0. The van der Waals surface area contributed by atoms with Crippen molar-refractivity contribution in [3.63, 3.8) is 0 Å². The summed E-state index contributed by atoms with van der Waals surface area (Å²) in [6, 6.07) is 10.3. The van der Waals surface area contributed by atoms with Gasteiger partial charge in [-0.3, -0.25) is 19.2 Å². The van der Waals surface area contributed by atoms with E-state index in [0.717, 1.165) is 0 Å². The first kappa shape index (κ1) is 31.6. The number of carboxylic acids is 1. The molecule has 0 saturated carbocycles. The molecule has 2 unspecified atom stereocenters. The topological polar surface area (TPSA) is 178 Å². The van der Waals surface area contributed by atoms with Gasteiger partial charge in [0.05, 0.1) is 26.7 Å². The highest BCUT2D eigenvalue weighted by Crippen LogP contribution is 2.27. The van der Waals surface area contributed by atoms with Crippen LogP contribution >= 0.6 is 0 Å². The number of hydrogen-bond donors (Lipinski definition) is 3. The van der Waals surface area contributed by atoms with E-state index in [0.29, 0.717) is 17.0 Å². The molecule has 2 atom stereocenters. The molecule has 1 aliphatic rings. The number of ketones is 1. The van der Waals surface area contributed by atoms with Gasteiger partial charge in [0.15, 0.2) is 0 Å². The summed E-state index contributed by atoms with van der Waals surface area (Å²) in [6.45, 7) is 5.17. The van der Waals surface area contributed by atoms with Crippen molar-refractivity contribution in [3.05, 3.63) is 59.7 Å². The highest BCUT2D eigenvalue weighted by Gasteiger charge is 2.40. The molecule has 1 aliphatic heterocycles. The Labute approximate surface area is 242 Å². The molecule has 0 aromatic heterocycles. The summed E-state index contributed by atoms with van der Waals surface area (Å²) < 4.78 is 15.5. The van der Waals surface area contributed by atoms with Gasteiger partial charge in [0, 0.05) is 17.7 Å². The Bertz CT molecular complexity index is 1350. The molecule has 3 amide bonds. The maximum absolute atomic E-state index is 12.6. The molecular weight excluding hydrogens is 550 g/mol. The van der Waals surface area contributed by atoms with Gasteiger partial charge >= 0.3 is 18.0 Å². The standard InChI is InChI=1S/C29H33N3O10/c1-29(2,3)42-28(39)31-20(27(38)40-4)13-14-41-19-11-9-17(10-12-19)24(35)25(36)30-21-16-32(26(21)37)22-8-6-5-7-18(22)15-23(33)34/h5-12,20-21H,13-16H2,1-4H3,(H,30,36)(H,31,39)(H,33,34). The summed E-state index contributed by atoms with van der Waals surface area (Å²) in [4.78, 5) is 74.3. The number of nitrogens with one attached hydrogen (secondary N) is 2. The molecule has 13 heteroatoms. The van der Waals surface area contributed by atoms with E-state index in [1.54, 1.807) is 45.0 Å². The second-order valence-corrected chi connectivity index (χ2v) is 10.4. The van der Waals surface area contributed by atoms with Gasteiger partial charge < -0.3 is 34.9 Å². The van der Waals surface area contributed by atoms with Crippen molar-refractivity contribution in [2.45, 2.75) is 51.3 Å². The highest BCUT2D eigenvalue weighted by atomic mass is 16.6. The lowest BCUT2D eigenvalue weighted by Crippen LogP contribution is -2.65. The first-order valence-corrected chi connectivity index (χ1v) is 13.1. The lowest BCUT2D eigenvalue weighted by molar-refractivity contribution is -0.143. The number of para-hydroxylation sites is 1. The smallest absolute Gasteiger partial charge is 0.408 e. The number of methoxy groups -OCH3 is 1. The zero-order chi connectivity index (χ0) is 31.0. The zero-order valence-electron chi connectivity index (χ0n) is 23.7. The molecular formula is C29H33N3O10. The van der Waals surface area contributed by atoms with Gasteiger partial charge in [-0.15, -0.1) is 0 Å². The van der Waals surface area contributed by atoms with Crippen molar-refractivity contribution >= 4 is 41.3 Å². The van der Waals surface area contributed by atoms with Crippen LogP contribution in [0.25, 0.3) is 0 Å². The minimum Gasteiger partial charge on any atom is -0.494 e. The van der Waals surface area contributed by atoms with Crippen LogP contribution in [0.1, 0.15) is 43.1 Å². The van der Waals surface area contributed by atoms with Crippen molar-refractivity contribution in [1.82, 2.24) is 10.6 Å². The second kappa shape index (κ2) is 13.6. The van der Waals surface area contributed by atoms with E-state index in [-0.39, 0.29) is 31.6 Å². The molecule has 3 rings (SSSR count). The minimum absolute atomic E-state index is 0.0131. The Morgan fingerprint density at radius 3 is 2.31 bits per heavy atom. The number of nitrogens with zero attached hydrogens (tertiary/aromatic N) is 1. The number of hydrogen-bond acceptors (Lipinski definition) is 9. The number of esters is 1. The Hall–Kier alpha value is -4.94. The Morgan fingerprint density at radius 1 is 1.05 bits per heavy atom. The summed E-state index contributed by atoms with van der Waals surface area (Å²) >= 11 is 0. The van der Waals surface area contributed by atoms with E-state index < -0.39 is 53.3 Å². The van der Waals surface area contributed by atoms with Crippen LogP contribution < -0.4 is 20.3 Å². The van der Waals surface area contributed by atoms with Crippen molar-refractivity contribution in [2.75, 3.05) is 25.2 Å². The molecule has 0 spiro atoms. The van der Waals surface area contributed by atoms with Gasteiger partial charge in [-0.1, -0.05) is 18.2 Å². The van der Waals surface area contributed by atoms with Crippen LogP contribution in [0.5, 0.6) is 5.75 Å². The van der Waals surface area contributed by atoms with Crippen LogP contribution in [0.15, 0.2) is 48.5 Å². The second-order valence-electron chi connectivity index (χ2n) is 10.4. The maximum Gasteiger partial charge on any atom is 0.408 e. The molecule has 224 valence electrons. The van der Waals surface area contributed by atoms with E-state index in [1.807, 2.05) is 0 Å². The number of ether oxygens (including phenoxy) is 3. The fourth-order valence-electron chi connectivity index (χ4n) is 4.03. The van der Waals surface area contributed by atoms with Gasteiger partial charge in [0.2, 0.25) is 5.78 Å². The van der Waals surface area contributed by atoms with Crippen LogP contribution in [0, 0.1) is 0 Å². The number of alkyl carbamates (subject to hydrolysis) is 1. The third kappa shape index (κ3) is 8.53. The Kier molecular flexibility index (Phi) is 10.2. The number of carbonyl (C=O) groups is 6. The molecule has 0 radical (unpaired) electrons. The fourth-order valence-corrected chi connectivity index (χ4v) is 4.03. The molecule has 3 N–H and O–H groups in total. The zero-order valence-corrected chi connectivity index (χ0v) is 23.7. The molecule has 1 saturated heterocycles. The van der Waals surface area contributed by atoms with Gasteiger partial charge in [-0.25, -0.2) is 9.59 Å². The van der Waals surface area contributed by atoms with Crippen LogP contribution in [0.2, 0.25) is 0 Å². The van der Waals surface area contributed by atoms with Gasteiger partial charge in [0.25, 0.3) is 11.8 Å². The van der Waals surface area contributed by atoms with Gasteiger partial charge in [-0.05, 0) is 56.7 Å². The monoisotopic (exact) mass is 583 g/mol. The molecule has 0 aliphatic carbocycles. The molecule has 1 fully saturated rings. The van der Waals surface area contributed by atoms with Crippen LogP contribution in [-0.2, 0) is 35.1 Å². The summed E-state index contributed by atoms with van der Waals surface area (Å²) in [5.74, 6) is -3.64. The van der Waals surface area contributed by atoms with E-state index in [2.05, 4.69) is 10.6 Å². The predicted molar refractivity (Wildman–Crippen MR) is 148 cm³/mol. The number of anilines is 1. The van der Waals surface area contributed by atoms with Crippen LogP contribution in [0.3, 0.4) is 0 Å². The van der Waals surface area contributed by atoms with Crippen LogP contribution in [-0.4, -0.2) is 78.7 Å². The van der Waals surface area contributed by atoms with E-state index >= 15 is 0 Å². The van der Waals surface area contributed by atoms with E-state index in [4.69, 9.17) is 19.3 Å². The van der Waals surface area contributed by atoms with Gasteiger partial charge in [0.1, 0.15) is 23.4 Å². The molecule has 13 nitrogen and oxygen atoms in total. The number of carbonyl (C=O) groups excluding carboxylic acids is 5.